The van der Waals surface area contributed by atoms with Crippen LogP contribution in [0.3, 0.4) is 0 Å². The van der Waals surface area contributed by atoms with Gasteiger partial charge in [-0.1, -0.05) is 39.3 Å². The summed E-state index contributed by atoms with van der Waals surface area (Å²) in [6, 6.07) is 4.37. The van der Waals surface area contributed by atoms with Crippen LogP contribution in [0, 0.1) is 5.92 Å². The van der Waals surface area contributed by atoms with E-state index in [1.54, 1.807) is 0 Å². The molecule has 0 fully saturated rings. The molecule has 0 aliphatic rings. The second kappa shape index (κ2) is 9.84. The largest absolute Gasteiger partial charge is 0.417 e. The first kappa shape index (κ1) is 24.2. The highest BCUT2D eigenvalue weighted by Gasteiger charge is 2.37. The Kier molecular flexibility index (Phi) is 7.70. The van der Waals surface area contributed by atoms with Gasteiger partial charge in [0, 0.05) is 13.1 Å². The highest BCUT2D eigenvalue weighted by Crippen LogP contribution is 2.33. The Bertz CT molecular complexity index is 1040. The highest BCUT2D eigenvalue weighted by atomic mass is 19.4. The molecule has 0 spiro atoms. The number of halogens is 3. The molecule has 0 saturated heterocycles. The van der Waals surface area contributed by atoms with Gasteiger partial charge in [0.25, 0.3) is 11.5 Å². The lowest BCUT2D eigenvalue weighted by molar-refractivity contribution is -0.137. The van der Waals surface area contributed by atoms with Crippen LogP contribution in [0.5, 0.6) is 0 Å². The maximum Gasteiger partial charge on any atom is 0.417 e. The van der Waals surface area contributed by atoms with Crippen LogP contribution in [0.25, 0.3) is 0 Å². The molecule has 1 amide bonds. The van der Waals surface area contributed by atoms with Crippen LogP contribution in [0.1, 0.15) is 56.0 Å². The molecule has 0 aliphatic carbocycles. The molecule has 31 heavy (non-hydrogen) atoms. The number of anilines is 2. The summed E-state index contributed by atoms with van der Waals surface area (Å²) in [5.41, 5.74) is 2.43. The fraction of sp³-hybridized carbons (Fsp3) is 0.476. The standard InChI is InChI=1S/C21H27F3N4O3/c1-4-5-11-28-17(25)16(18(29)26-20(28)31)27(12-10-13(2)3)19(30)14-8-6-7-9-15(14)21(22,23)24/h6-9,13H,4-5,10-12,25H2,1-3H3,(H,26,29,31). The molecule has 2 aromatic rings. The van der Waals surface area contributed by atoms with Gasteiger partial charge in [-0.15, -0.1) is 0 Å². The Morgan fingerprint density at radius 1 is 1.23 bits per heavy atom. The lowest BCUT2D eigenvalue weighted by atomic mass is 10.0. The zero-order valence-electron chi connectivity index (χ0n) is 17.8. The Balaban J connectivity index is 2.68. The van der Waals surface area contributed by atoms with E-state index in [1.807, 2.05) is 20.8 Å². The van der Waals surface area contributed by atoms with Crippen molar-refractivity contribution in [3.63, 3.8) is 0 Å². The third-order valence-electron chi connectivity index (χ3n) is 4.86. The van der Waals surface area contributed by atoms with Crippen LogP contribution in [-0.2, 0) is 12.7 Å². The normalized spacial score (nSPS) is 11.7. The monoisotopic (exact) mass is 440 g/mol. The van der Waals surface area contributed by atoms with E-state index in [1.165, 1.54) is 12.1 Å². The van der Waals surface area contributed by atoms with Crippen LogP contribution in [0.2, 0.25) is 0 Å². The van der Waals surface area contributed by atoms with Gasteiger partial charge in [0.15, 0.2) is 5.69 Å². The minimum Gasteiger partial charge on any atom is -0.383 e. The number of amides is 1. The second-order valence-corrected chi connectivity index (χ2v) is 7.68. The molecular weight excluding hydrogens is 413 g/mol. The van der Waals surface area contributed by atoms with Crippen molar-refractivity contribution in [3.05, 3.63) is 56.2 Å². The summed E-state index contributed by atoms with van der Waals surface area (Å²) in [6.45, 7) is 5.82. The molecule has 170 valence electrons. The Hall–Kier alpha value is -3.04. The Labute approximate surface area is 177 Å². The molecule has 0 saturated carbocycles. The fourth-order valence-electron chi connectivity index (χ4n) is 3.14. The first-order valence-corrected chi connectivity index (χ1v) is 10.1. The lowest BCUT2D eigenvalue weighted by Gasteiger charge is -2.26. The third kappa shape index (κ3) is 5.56. The summed E-state index contributed by atoms with van der Waals surface area (Å²) >= 11 is 0. The summed E-state index contributed by atoms with van der Waals surface area (Å²) in [5.74, 6) is -1.16. The molecule has 3 N–H and O–H groups in total. The number of nitrogen functional groups attached to an aromatic ring is 1. The van der Waals surface area contributed by atoms with E-state index >= 15 is 0 Å². The quantitative estimate of drug-likeness (QED) is 0.655. The predicted molar refractivity (Wildman–Crippen MR) is 113 cm³/mol. The first-order valence-electron chi connectivity index (χ1n) is 10.1. The van der Waals surface area contributed by atoms with Crippen molar-refractivity contribution in [1.29, 1.82) is 0 Å². The Morgan fingerprint density at radius 2 is 1.87 bits per heavy atom. The second-order valence-electron chi connectivity index (χ2n) is 7.68. The smallest absolute Gasteiger partial charge is 0.383 e. The number of aromatic nitrogens is 2. The zero-order valence-corrected chi connectivity index (χ0v) is 17.8. The number of carbonyl (C=O) groups excluding carboxylic acids is 1. The molecule has 7 nitrogen and oxygen atoms in total. The van der Waals surface area contributed by atoms with Gasteiger partial charge in [0.05, 0.1) is 11.1 Å². The van der Waals surface area contributed by atoms with Crippen LogP contribution in [0.15, 0.2) is 33.9 Å². The van der Waals surface area contributed by atoms with Crippen molar-refractivity contribution in [3.8, 4) is 0 Å². The number of alkyl halides is 3. The van der Waals surface area contributed by atoms with E-state index in [0.717, 1.165) is 28.0 Å². The summed E-state index contributed by atoms with van der Waals surface area (Å²) in [5, 5.41) is 0. The Morgan fingerprint density at radius 3 is 2.45 bits per heavy atom. The maximum atomic E-state index is 13.5. The van der Waals surface area contributed by atoms with Gasteiger partial charge in [0.1, 0.15) is 5.82 Å². The number of benzene rings is 1. The SMILES string of the molecule is CCCCn1c(N)c(N(CCC(C)C)C(=O)c2ccccc2C(F)(F)F)c(=O)[nH]c1=O. The first-order chi connectivity index (χ1) is 14.5. The topological polar surface area (TPSA) is 101 Å². The molecule has 2 rings (SSSR count). The van der Waals surface area contributed by atoms with Gasteiger partial charge < -0.3 is 10.6 Å². The summed E-state index contributed by atoms with van der Waals surface area (Å²) < 4.78 is 41.6. The molecular formula is C21H27F3N4O3. The summed E-state index contributed by atoms with van der Waals surface area (Å²) in [6.07, 6.45) is -3.01. The minimum atomic E-state index is -4.76. The van der Waals surface area contributed by atoms with Gasteiger partial charge in [-0.25, -0.2) is 4.79 Å². The van der Waals surface area contributed by atoms with Crippen molar-refractivity contribution >= 4 is 17.4 Å². The number of nitrogens with one attached hydrogen (secondary N) is 1. The molecule has 0 unspecified atom stereocenters. The van der Waals surface area contributed by atoms with E-state index in [-0.39, 0.29) is 30.5 Å². The fourth-order valence-corrected chi connectivity index (χ4v) is 3.14. The molecule has 10 heteroatoms. The van der Waals surface area contributed by atoms with Crippen LogP contribution in [0.4, 0.5) is 24.7 Å². The molecule has 0 aliphatic heterocycles. The number of nitrogens with zero attached hydrogens (tertiary/aromatic N) is 2. The minimum absolute atomic E-state index is 0.0397. The van der Waals surface area contributed by atoms with Crippen molar-refractivity contribution in [2.45, 2.75) is 52.8 Å². The lowest BCUT2D eigenvalue weighted by Crippen LogP contribution is -2.42. The van der Waals surface area contributed by atoms with E-state index in [9.17, 15) is 27.6 Å². The number of carbonyl (C=O) groups is 1. The van der Waals surface area contributed by atoms with E-state index in [4.69, 9.17) is 5.73 Å². The number of nitrogens with two attached hydrogens (primary N) is 1. The third-order valence-corrected chi connectivity index (χ3v) is 4.86. The number of H-pyrrole nitrogens is 1. The molecule has 1 aromatic carbocycles. The van der Waals surface area contributed by atoms with Crippen LogP contribution in [-0.4, -0.2) is 22.0 Å². The molecule has 1 heterocycles. The molecule has 1 aromatic heterocycles. The molecule has 0 bridgehead atoms. The van der Waals surface area contributed by atoms with E-state index in [2.05, 4.69) is 4.98 Å². The number of hydrogen-bond acceptors (Lipinski definition) is 4. The summed E-state index contributed by atoms with van der Waals surface area (Å²) in [4.78, 5) is 41.2. The molecule has 0 radical (unpaired) electrons. The number of hydrogen-bond donors (Lipinski definition) is 2. The highest BCUT2D eigenvalue weighted by molar-refractivity contribution is 6.08. The summed E-state index contributed by atoms with van der Waals surface area (Å²) in [7, 11) is 0. The van der Waals surface area contributed by atoms with E-state index in [0.29, 0.717) is 12.8 Å². The van der Waals surface area contributed by atoms with Gasteiger partial charge in [-0.05, 0) is 30.9 Å². The van der Waals surface area contributed by atoms with Crippen molar-refractivity contribution in [1.82, 2.24) is 9.55 Å². The van der Waals surface area contributed by atoms with Gasteiger partial charge >= 0.3 is 11.9 Å². The number of aromatic amines is 1. The van der Waals surface area contributed by atoms with Crippen molar-refractivity contribution in [2.24, 2.45) is 5.92 Å². The average molecular weight is 440 g/mol. The van der Waals surface area contributed by atoms with E-state index < -0.39 is 34.5 Å². The zero-order chi connectivity index (χ0) is 23.3. The van der Waals surface area contributed by atoms with Crippen molar-refractivity contribution < 1.29 is 18.0 Å². The van der Waals surface area contributed by atoms with Gasteiger partial charge in [-0.3, -0.25) is 19.1 Å². The maximum absolute atomic E-state index is 13.5. The number of rotatable bonds is 8. The average Bonchev–Trinajstić information content (AvgIpc) is 2.68. The van der Waals surface area contributed by atoms with Gasteiger partial charge in [-0.2, -0.15) is 13.2 Å². The van der Waals surface area contributed by atoms with Gasteiger partial charge in [0.2, 0.25) is 0 Å². The van der Waals surface area contributed by atoms with Crippen molar-refractivity contribution in [2.75, 3.05) is 17.2 Å². The van der Waals surface area contributed by atoms with Crippen LogP contribution >= 0.6 is 0 Å². The number of unbranched alkanes of at least 4 members (excludes halogenated alkanes) is 1. The molecule has 0 atom stereocenters. The predicted octanol–water partition coefficient (Wildman–Crippen LogP) is 3.63. The van der Waals surface area contributed by atoms with Crippen LogP contribution < -0.4 is 21.9 Å².